The Morgan fingerprint density at radius 3 is 1.38 bits per heavy atom. The third kappa shape index (κ3) is 10.4. The molecule has 21 aromatic rings. The molecule has 24 rings (SSSR count). The second kappa shape index (κ2) is 26.4. The number of pyridine rings is 1. The van der Waals surface area contributed by atoms with E-state index < -0.39 is 5.41 Å². The van der Waals surface area contributed by atoms with Crippen LogP contribution in [0.1, 0.15) is 44.5 Å². The second-order valence-electron chi connectivity index (χ2n) is 31.0. The van der Waals surface area contributed by atoms with Gasteiger partial charge >= 0.3 is 0 Å². The van der Waals surface area contributed by atoms with Gasteiger partial charge in [-0.25, -0.2) is 19.9 Å². The summed E-state index contributed by atoms with van der Waals surface area (Å²) < 4.78 is 19.7. The highest BCUT2D eigenvalue weighted by Gasteiger charge is 2.52. The van der Waals surface area contributed by atoms with Crippen LogP contribution in [-0.2, 0) is 18.3 Å². The molecule has 1 aliphatic carbocycles. The van der Waals surface area contributed by atoms with E-state index in [4.69, 9.17) is 29.4 Å². The molecule has 3 aliphatic rings. The first-order valence-electron chi connectivity index (χ1n) is 40.1. The number of hydrogen-bond donors (Lipinski definition) is 0. The molecule has 546 valence electrons. The van der Waals surface area contributed by atoms with Crippen LogP contribution in [0.4, 0.5) is 0 Å². The van der Waals surface area contributed by atoms with Crippen molar-refractivity contribution in [2.24, 2.45) is 0 Å². The van der Waals surface area contributed by atoms with E-state index in [1.807, 2.05) is 18.2 Å². The fraction of sp³-hybridized carbons (Fsp3) is 0.0275. The predicted octanol–water partition coefficient (Wildman–Crippen LogP) is 27.2. The number of ether oxygens (including phenoxy) is 2. The molecule has 6 heterocycles. The Morgan fingerprint density at radius 1 is 0.256 bits per heavy atom. The Morgan fingerprint density at radius 2 is 0.718 bits per heavy atom. The summed E-state index contributed by atoms with van der Waals surface area (Å²) in [4.78, 5) is 21.7. The van der Waals surface area contributed by atoms with Gasteiger partial charge in [0, 0.05) is 73.5 Å². The second-order valence-corrected chi connectivity index (χ2v) is 31.0. The van der Waals surface area contributed by atoms with Crippen molar-refractivity contribution >= 4 is 65.2 Å². The van der Waals surface area contributed by atoms with Crippen molar-refractivity contribution in [2.75, 3.05) is 0 Å². The minimum atomic E-state index is -0.621. The molecule has 17 aromatic carbocycles. The topological polar surface area (TPSA) is 79.9 Å². The third-order valence-corrected chi connectivity index (χ3v) is 24.6. The molecule has 0 saturated heterocycles. The standard InChI is InChI=1S/C109H68N6O2/c1-3-24-67(25-4-1)80-65-94(110-99(66-80)115-96-60-56-78-63-76-31-10-13-36-83(76)82-35-12-9-30-75(82)62-77-32-11-21-44-97(77)116-104(78)100(96)88-57-54-71-27-8-15-38-85(71)103(88)115)72-50-46-68(47-51-72)69-48-52-74(53-49-69)107-111-106(73-28-5-2-6-29-73)112-108(113-107)79-33-23-34-81(64-79)114-95-61-59-93-105(101(95)89-58-55-70-26-7-14-37-84(70)102(89)114)117-98-45-22-20-43-92(98)109(93)90-41-18-16-39-86(90)87-40-17-19-42-91(87)109/h1-61,64-66H,62-63H2. The molecule has 0 bridgehead atoms. The van der Waals surface area contributed by atoms with Crippen molar-refractivity contribution in [1.29, 1.82) is 0 Å². The van der Waals surface area contributed by atoms with Crippen molar-refractivity contribution in [2.45, 2.75) is 18.3 Å². The summed E-state index contributed by atoms with van der Waals surface area (Å²) in [6.07, 6.45) is 1.39. The number of nitrogens with zero attached hydrogens (tertiary/aromatic N) is 6. The van der Waals surface area contributed by atoms with Gasteiger partial charge in [0.15, 0.2) is 17.5 Å². The summed E-state index contributed by atoms with van der Waals surface area (Å²) in [5.41, 5.74) is 27.7. The maximum Gasteiger partial charge on any atom is 0.164 e. The van der Waals surface area contributed by atoms with Gasteiger partial charge in [-0.15, -0.1) is 0 Å². The highest BCUT2D eigenvalue weighted by Crippen LogP contribution is 2.64. The van der Waals surface area contributed by atoms with Gasteiger partial charge in [-0.05, 0) is 137 Å². The molecule has 0 atom stereocenters. The minimum absolute atomic E-state index is 0.563. The Balaban J connectivity index is 0.606. The van der Waals surface area contributed by atoms with Crippen LogP contribution in [0.3, 0.4) is 0 Å². The van der Waals surface area contributed by atoms with Crippen molar-refractivity contribution < 1.29 is 9.47 Å². The van der Waals surface area contributed by atoms with E-state index in [2.05, 4.69) is 379 Å². The number of para-hydroxylation sites is 2. The zero-order valence-corrected chi connectivity index (χ0v) is 63.4. The van der Waals surface area contributed by atoms with Gasteiger partial charge < -0.3 is 14.0 Å². The van der Waals surface area contributed by atoms with E-state index in [0.29, 0.717) is 23.9 Å². The van der Waals surface area contributed by atoms with Crippen LogP contribution in [0.2, 0.25) is 0 Å². The molecule has 0 radical (unpaired) electrons. The lowest BCUT2D eigenvalue weighted by atomic mass is 9.66. The molecule has 117 heavy (non-hydrogen) atoms. The van der Waals surface area contributed by atoms with Crippen molar-refractivity contribution in [3.63, 3.8) is 0 Å². The van der Waals surface area contributed by atoms with Crippen LogP contribution in [0, 0.1) is 0 Å². The van der Waals surface area contributed by atoms with Crippen LogP contribution in [0.25, 0.3) is 167 Å². The van der Waals surface area contributed by atoms with Crippen LogP contribution >= 0.6 is 0 Å². The van der Waals surface area contributed by atoms with Gasteiger partial charge in [0.2, 0.25) is 0 Å². The molecule has 0 saturated carbocycles. The Bertz CT molecular complexity index is 7650. The van der Waals surface area contributed by atoms with E-state index in [-0.39, 0.29) is 0 Å². The molecule has 0 fully saturated rings. The summed E-state index contributed by atoms with van der Waals surface area (Å²) in [5.74, 6) is 5.93. The Kier molecular flexibility index (Phi) is 14.9. The zero-order chi connectivity index (χ0) is 76.8. The van der Waals surface area contributed by atoms with Gasteiger partial charge in [-0.2, -0.15) is 0 Å². The molecule has 0 N–H and O–H groups in total. The van der Waals surface area contributed by atoms with Crippen LogP contribution in [0.15, 0.2) is 388 Å². The van der Waals surface area contributed by atoms with Crippen molar-refractivity contribution in [3.05, 3.63) is 433 Å². The lowest BCUT2D eigenvalue weighted by Gasteiger charge is -2.39. The van der Waals surface area contributed by atoms with Crippen molar-refractivity contribution in [1.82, 2.24) is 29.1 Å². The molecule has 0 unspecified atom stereocenters. The first kappa shape index (κ1) is 66.2. The van der Waals surface area contributed by atoms with Gasteiger partial charge in [0.25, 0.3) is 0 Å². The lowest BCUT2D eigenvalue weighted by molar-refractivity contribution is 0.442. The highest BCUT2D eigenvalue weighted by atomic mass is 16.5. The lowest BCUT2D eigenvalue weighted by Crippen LogP contribution is -2.32. The average Bonchev–Trinajstić information content (AvgIpc) is 1.52. The first-order valence-corrected chi connectivity index (χ1v) is 40.1. The summed E-state index contributed by atoms with van der Waals surface area (Å²) in [7, 11) is 0. The largest absolute Gasteiger partial charge is 0.456 e. The summed E-state index contributed by atoms with van der Waals surface area (Å²) in [6.45, 7) is 0. The summed E-state index contributed by atoms with van der Waals surface area (Å²) in [5, 5.41) is 8.85. The Labute approximate surface area is 674 Å². The predicted molar refractivity (Wildman–Crippen MR) is 475 cm³/mol. The molecule has 8 heteroatoms. The highest BCUT2D eigenvalue weighted by molar-refractivity contribution is 6.22. The van der Waals surface area contributed by atoms with Gasteiger partial charge in [-0.1, -0.05) is 340 Å². The molecule has 1 spiro atoms. The first-order chi connectivity index (χ1) is 58.0. The third-order valence-electron chi connectivity index (χ3n) is 24.6. The normalized spacial score (nSPS) is 12.9. The molecule has 4 aromatic heterocycles. The SMILES string of the molecule is c1ccc(-c2cc(-c3ccc(-c4ccc(-c5nc(-c6ccccc6)nc(-c6cccc(-n7c8ccc9c(c8c8ccc%10ccccc%10c87)Oc7ccccc7C97c8ccccc8-c8ccccc87)c6)n5)cc4)cc3)nc(-n3c4ccc5c(c4c4ccc6ccccc6c43)Oc3ccccc3Cc3ccccc3-c3ccccc3C5)c2)cc1. The van der Waals surface area contributed by atoms with Crippen molar-refractivity contribution in [3.8, 4) is 124 Å². The van der Waals surface area contributed by atoms with E-state index in [9.17, 15) is 0 Å². The number of aromatic nitrogens is 6. The molecular weight excluding hydrogens is 1430 g/mol. The van der Waals surface area contributed by atoms with Gasteiger partial charge in [0.05, 0.1) is 43.9 Å². The summed E-state index contributed by atoms with van der Waals surface area (Å²) >= 11 is 0. The Hall–Kier alpha value is -15.4. The van der Waals surface area contributed by atoms with E-state index in [0.717, 1.165) is 179 Å². The fourth-order valence-electron chi connectivity index (χ4n) is 19.3. The minimum Gasteiger partial charge on any atom is -0.456 e. The molecular formula is C109H68N6O2. The van der Waals surface area contributed by atoms with Gasteiger partial charge in [0.1, 0.15) is 28.8 Å². The molecule has 0 amide bonds. The van der Waals surface area contributed by atoms with E-state index >= 15 is 0 Å². The van der Waals surface area contributed by atoms with Gasteiger partial charge in [-0.3, -0.25) is 4.57 Å². The van der Waals surface area contributed by atoms with Crippen LogP contribution < -0.4 is 9.47 Å². The average molecular weight is 1490 g/mol. The maximum atomic E-state index is 7.53. The van der Waals surface area contributed by atoms with Crippen LogP contribution in [-0.4, -0.2) is 29.1 Å². The number of hydrogen-bond acceptors (Lipinski definition) is 6. The quantitative estimate of drug-likeness (QED) is 0.151. The van der Waals surface area contributed by atoms with E-state index in [1.54, 1.807) is 0 Å². The van der Waals surface area contributed by atoms with Crippen LogP contribution in [0.5, 0.6) is 23.0 Å². The fourth-order valence-corrected chi connectivity index (χ4v) is 19.3. The zero-order valence-electron chi connectivity index (χ0n) is 63.4. The molecule has 8 nitrogen and oxygen atoms in total. The maximum absolute atomic E-state index is 7.53. The number of fused-ring (bicyclic) bond motifs is 26. The monoisotopic (exact) mass is 1490 g/mol. The smallest absolute Gasteiger partial charge is 0.164 e. The van der Waals surface area contributed by atoms with E-state index in [1.165, 1.54) is 44.5 Å². The molecule has 2 aliphatic heterocycles. The summed E-state index contributed by atoms with van der Waals surface area (Å²) in [6, 6.07) is 140. The number of rotatable bonds is 8. The number of benzene rings is 17.